The van der Waals surface area contributed by atoms with Crippen LogP contribution in [0, 0.1) is 15.9 Å². The molecule has 34 heavy (non-hydrogen) atoms. The molecule has 0 aliphatic heterocycles. The fraction of sp³-hybridized carbons (Fsp3) is 0.0417. The number of rotatable bonds is 6. The Morgan fingerprint density at radius 3 is 2.47 bits per heavy atom. The Bertz CT molecular complexity index is 1560. The van der Waals surface area contributed by atoms with Crippen LogP contribution in [0.3, 0.4) is 0 Å². The lowest BCUT2D eigenvalue weighted by molar-refractivity contribution is -0.385. The van der Waals surface area contributed by atoms with E-state index >= 15 is 0 Å². The summed E-state index contributed by atoms with van der Waals surface area (Å²) in [6.07, 6.45) is 3.21. The molecule has 0 spiro atoms. The van der Waals surface area contributed by atoms with Gasteiger partial charge in [-0.2, -0.15) is 5.10 Å². The molecule has 0 fully saturated rings. The quantitative estimate of drug-likeness (QED) is 0.303. The number of aromatic nitrogens is 4. The number of hydrogen-bond acceptors (Lipinski definition) is 6. The van der Waals surface area contributed by atoms with E-state index < -0.39 is 16.2 Å². The summed E-state index contributed by atoms with van der Waals surface area (Å²) in [4.78, 5) is 27.9. The van der Waals surface area contributed by atoms with Crippen molar-refractivity contribution >= 4 is 17.2 Å². The van der Waals surface area contributed by atoms with Crippen molar-refractivity contribution in [2.45, 2.75) is 6.54 Å². The SMILES string of the molecule is O=c1c([N+](=O)[O-])c(NCc2cn(-c3ccccc3)nc2-c2ccc(F)cc2)nc2ccccn12. The first-order valence-electron chi connectivity index (χ1n) is 10.3. The molecule has 0 aliphatic rings. The van der Waals surface area contributed by atoms with Crippen molar-refractivity contribution in [2.75, 3.05) is 5.32 Å². The summed E-state index contributed by atoms with van der Waals surface area (Å²) in [6, 6.07) is 20.2. The maximum absolute atomic E-state index is 13.5. The molecule has 3 heterocycles. The van der Waals surface area contributed by atoms with E-state index in [4.69, 9.17) is 0 Å². The van der Waals surface area contributed by atoms with Gasteiger partial charge in [0.2, 0.25) is 5.82 Å². The molecular weight excluding hydrogens is 439 g/mol. The number of anilines is 1. The van der Waals surface area contributed by atoms with Crippen molar-refractivity contribution in [1.29, 1.82) is 0 Å². The van der Waals surface area contributed by atoms with Crippen molar-refractivity contribution in [1.82, 2.24) is 19.2 Å². The summed E-state index contributed by atoms with van der Waals surface area (Å²) >= 11 is 0. The monoisotopic (exact) mass is 456 g/mol. The molecule has 3 aromatic heterocycles. The fourth-order valence-electron chi connectivity index (χ4n) is 3.65. The lowest BCUT2D eigenvalue weighted by Crippen LogP contribution is -2.21. The van der Waals surface area contributed by atoms with Gasteiger partial charge in [-0.1, -0.05) is 24.3 Å². The Hall–Kier alpha value is -4.86. The number of fused-ring (bicyclic) bond motifs is 1. The molecule has 1 N–H and O–H groups in total. The van der Waals surface area contributed by atoms with E-state index in [1.54, 1.807) is 41.2 Å². The molecule has 0 saturated heterocycles. The summed E-state index contributed by atoms with van der Waals surface area (Å²) in [5.41, 5.74) is 1.58. The number of pyridine rings is 1. The summed E-state index contributed by atoms with van der Waals surface area (Å²) in [7, 11) is 0. The van der Waals surface area contributed by atoms with Gasteiger partial charge < -0.3 is 5.32 Å². The zero-order valence-corrected chi connectivity index (χ0v) is 17.6. The highest BCUT2D eigenvalue weighted by Crippen LogP contribution is 2.26. The van der Waals surface area contributed by atoms with Gasteiger partial charge in [-0.3, -0.25) is 19.3 Å². The van der Waals surface area contributed by atoms with Crippen LogP contribution in [0.25, 0.3) is 22.6 Å². The number of nitro groups is 1. The third kappa shape index (κ3) is 3.88. The Labute approximate surface area is 191 Å². The molecule has 0 amide bonds. The predicted molar refractivity (Wildman–Crippen MR) is 124 cm³/mol. The zero-order chi connectivity index (χ0) is 23.7. The number of nitrogens with one attached hydrogen (secondary N) is 1. The third-order valence-electron chi connectivity index (χ3n) is 5.27. The Morgan fingerprint density at radius 1 is 1.00 bits per heavy atom. The maximum atomic E-state index is 13.5. The molecule has 5 rings (SSSR count). The van der Waals surface area contributed by atoms with Gasteiger partial charge in [0.1, 0.15) is 11.5 Å². The van der Waals surface area contributed by atoms with Crippen LogP contribution in [0.2, 0.25) is 0 Å². The minimum Gasteiger partial charge on any atom is -0.360 e. The van der Waals surface area contributed by atoms with Gasteiger partial charge in [0, 0.05) is 30.1 Å². The smallest absolute Gasteiger partial charge is 0.360 e. The van der Waals surface area contributed by atoms with Crippen LogP contribution in [-0.2, 0) is 6.54 Å². The Morgan fingerprint density at radius 2 is 1.74 bits per heavy atom. The molecule has 0 unspecified atom stereocenters. The number of halogens is 1. The van der Waals surface area contributed by atoms with E-state index in [1.165, 1.54) is 18.3 Å². The molecule has 0 atom stereocenters. The lowest BCUT2D eigenvalue weighted by Gasteiger charge is -2.08. The number of benzene rings is 2. The van der Waals surface area contributed by atoms with Gasteiger partial charge in [-0.05, 0) is 48.5 Å². The van der Waals surface area contributed by atoms with Gasteiger partial charge in [-0.15, -0.1) is 0 Å². The molecule has 10 heteroatoms. The fourth-order valence-corrected chi connectivity index (χ4v) is 3.65. The normalized spacial score (nSPS) is 11.0. The molecule has 9 nitrogen and oxygen atoms in total. The van der Waals surface area contributed by atoms with Crippen LogP contribution in [-0.4, -0.2) is 24.1 Å². The van der Waals surface area contributed by atoms with Crippen LogP contribution in [0.15, 0.2) is 90.0 Å². The van der Waals surface area contributed by atoms with Crippen molar-refractivity contribution in [3.8, 4) is 16.9 Å². The molecule has 0 saturated carbocycles. The van der Waals surface area contributed by atoms with Gasteiger partial charge in [-0.25, -0.2) is 14.1 Å². The Kier molecular flexibility index (Phi) is 5.30. The van der Waals surface area contributed by atoms with Crippen molar-refractivity contribution in [3.05, 3.63) is 117 Å². The van der Waals surface area contributed by atoms with Gasteiger partial charge in [0.05, 0.1) is 16.3 Å². The van der Waals surface area contributed by atoms with Crippen LogP contribution >= 0.6 is 0 Å². The van der Waals surface area contributed by atoms with E-state index in [0.717, 1.165) is 10.1 Å². The van der Waals surface area contributed by atoms with Crippen molar-refractivity contribution < 1.29 is 9.31 Å². The second-order valence-corrected chi connectivity index (χ2v) is 7.44. The summed E-state index contributed by atoms with van der Waals surface area (Å²) in [5, 5.41) is 19.3. The largest absolute Gasteiger partial charge is 0.376 e. The zero-order valence-electron chi connectivity index (χ0n) is 17.6. The van der Waals surface area contributed by atoms with E-state index in [0.29, 0.717) is 16.8 Å². The molecule has 168 valence electrons. The molecule has 5 aromatic rings. The van der Waals surface area contributed by atoms with E-state index in [-0.39, 0.29) is 23.8 Å². The number of nitrogens with zero attached hydrogens (tertiary/aromatic N) is 5. The minimum atomic E-state index is -0.781. The van der Waals surface area contributed by atoms with Gasteiger partial charge in [0.15, 0.2) is 0 Å². The highest BCUT2D eigenvalue weighted by molar-refractivity contribution is 5.65. The van der Waals surface area contributed by atoms with Crippen LogP contribution in [0.5, 0.6) is 0 Å². The molecular formula is C24H17FN6O3. The second kappa shape index (κ2) is 8.58. The molecule has 2 aromatic carbocycles. The summed E-state index contributed by atoms with van der Waals surface area (Å²) in [5.74, 6) is -0.513. The molecule has 0 radical (unpaired) electrons. The van der Waals surface area contributed by atoms with Gasteiger partial charge >= 0.3 is 11.2 Å². The first-order chi connectivity index (χ1) is 16.5. The minimum absolute atomic E-state index is 0.0931. The highest BCUT2D eigenvalue weighted by atomic mass is 19.1. The average Bonchev–Trinajstić information content (AvgIpc) is 3.28. The first-order valence-corrected chi connectivity index (χ1v) is 10.3. The van der Waals surface area contributed by atoms with E-state index in [2.05, 4.69) is 15.4 Å². The predicted octanol–water partition coefficient (Wildman–Crippen LogP) is 4.21. The third-order valence-corrected chi connectivity index (χ3v) is 5.27. The first kappa shape index (κ1) is 21.0. The topological polar surface area (TPSA) is 107 Å². The maximum Gasteiger partial charge on any atom is 0.376 e. The van der Waals surface area contributed by atoms with Crippen LogP contribution in [0.4, 0.5) is 15.9 Å². The van der Waals surface area contributed by atoms with Crippen molar-refractivity contribution in [2.24, 2.45) is 0 Å². The summed E-state index contributed by atoms with van der Waals surface area (Å²) in [6.45, 7) is 0.0931. The summed E-state index contributed by atoms with van der Waals surface area (Å²) < 4.78 is 16.3. The second-order valence-electron chi connectivity index (χ2n) is 7.44. The lowest BCUT2D eigenvalue weighted by atomic mass is 10.1. The van der Waals surface area contributed by atoms with Crippen LogP contribution < -0.4 is 10.9 Å². The molecule has 0 bridgehead atoms. The number of hydrogen-bond donors (Lipinski definition) is 1. The number of para-hydroxylation sites is 1. The molecule has 0 aliphatic carbocycles. The Balaban J connectivity index is 1.57. The van der Waals surface area contributed by atoms with Crippen LogP contribution in [0.1, 0.15) is 5.56 Å². The standard InChI is InChI=1S/C24H17FN6O3/c25-18-11-9-16(10-12-18)21-17(15-30(28-21)19-6-2-1-3-7-19)14-26-23-22(31(33)34)24(32)29-13-5-4-8-20(29)27-23/h1-13,15,26H,14H2. The van der Waals surface area contributed by atoms with E-state index in [9.17, 15) is 19.3 Å². The average molecular weight is 456 g/mol. The highest BCUT2D eigenvalue weighted by Gasteiger charge is 2.24. The van der Waals surface area contributed by atoms with Gasteiger partial charge in [0.25, 0.3) is 0 Å². The van der Waals surface area contributed by atoms with E-state index in [1.807, 2.05) is 30.3 Å². The van der Waals surface area contributed by atoms with Crippen molar-refractivity contribution in [3.63, 3.8) is 0 Å².